The van der Waals surface area contributed by atoms with Crippen LogP contribution < -0.4 is 5.32 Å². The summed E-state index contributed by atoms with van der Waals surface area (Å²) in [5.74, 6) is 0.516. The molecular weight excluding hydrogens is 262 g/mol. The number of carbonyl (C=O) groups excluding carboxylic acids is 1. The number of urea groups is 1. The van der Waals surface area contributed by atoms with Gasteiger partial charge < -0.3 is 15.3 Å². The van der Waals surface area contributed by atoms with Crippen LogP contribution in [-0.2, 0) is 0 Å². The van der Waals surface area contributed by atoms with Gasteiger partial charge in [-0.1, -0.05) is 0 Å². The first-order valence-electron chi connectivity index (χ1n) is 6.74. The number of nitrogens with zero attached hydrogens (tertiary/aromatic N) is 2. The first-order valence-corrected chi connectivity index (χ1v) is 7.62. The zero-order chi connectivity index (χ0) is 13.8. The number of likely N-dealkylation sites (N-methyl/N-ethyl adjacent to an activating group) is 1. The fourth-order valence-electron chi connectivity index (χ4n) is 2.07. The topological polar surface area (TPSA) is 65.5 Å². The first-order chi connectivity index (χ1) is 9.15. The third-order valence-corrected chi connectivity index (χ3v) is 4.36. The highest BCUT2D eigenvalue weighted by molar-refractivity contribution is 7.09. The summed E-state index contributed by atoms with van der Waals surface area (Å²) in [5, 5.41) is 15.0. The van der Waals surface area contributed by atoms with Gasteiger partial charge in [0.25, 0.3) is 0 Å². The highest BCUT2D eigenvalue weighted by Crippen LogP contribution is 2.41. The van der Waals surface area contributed by atoms with E-state index in [2.05, 4.69) is 10.3 Å². The lowest BCUT2D eigenvalue weighted by atomic mass is 10.2. The van der Waals surface area contributed by atoms with E-state index in [1.54, 1.807) is 16.2 Å². The number of hydrogen-bond acceptors (Lipinski definition) is 4. The van der Waals surface area contributed by atoms with E-state index >= 15 is 0 Å². The van der Waals surface area contributed by atoms with E-state index < -0.39 is 0 Å². The van der Waals surface area contributed by atoms with Gasteiger partial charge in [0.15, 0.2) is 0 Å². The van der Waals surface area contributed by atoms with Gasteiger partial charge in [-0.2, -0.15) is 0 Å². The summed E-state index contributed by atoms with van der Waals surface area (Å²) >= 11 is 1.61. The molecule has 2 N–H and O–H groups in total. The number of aromatic nitrogens is 1. The highest BCUT2D eigenvalue weighted by atomic mass is 32.1. The molecule has 1 saturated carbocycles. The van der Waals surface area contributed by atoms with Crippen LogP contribution in [0, 0.1) is 12.8 Å². The number of hydrogen-bond donors (Lipinski definition) is 2. The molecule has 1 aromatic rings. The van der Waals surface area contributed by atoms with Crippen molar-refractivity contribution >= 4 is 17.4 Å². The maximum absolute atomic E-state index is 12.2. The van der Waals surface area contributed by atoms with E-state index in [4.69, 9.17) is 5.11 Å². The van der Waals surface area contributed by atoms with Gasteiger partial charge >= 0.3 is 6.03 Å². The fourth-order valence-corrected chi connectivity index (χ4v) is 3.01. The molecule has 1 fully saturated rings. The van der Waals surface area contributed by atoms with E-state index in [0.29, 0.717) is 19.0 Å². The predicted molar refractivity (Wildman–Crippen MR) is 75.2 cm³/mol. The Bertz CT molecular complexity index is 431. The summed E-state index contributed by atoms with van der Waals surface area (Å²) in [6.07, 6.45) is 2.30. The van der Waals surface area contributed by atoms with Gasteiger partial charge in [-0.3, -0.25) is 0 Å². The van der Waals surface area contributed by atoms with Crippen molar-refractivity contribution in [1.82, 2.24) is 15.2 Å². The third kappa shape index (κ3) is 3.67. The number of aryl methyl sites for hydroxylation is 1. The summed E-state index contributed by atoms with van der Waals surface area (Å²) in [6.45, 7) is 4.84. The molecule has 0 aliphatic heterocycles. The lowest BCUT2D eigenvalue weighted by Crippen LogP contribution is -2.43. The van der Waals surface area contributed by atoms with Crippen molar-refractivity contribution in [3.63, 3.8) is 0 Å². The molecule has 19 heavy (non-hydrogen) atoms. The molecule has 0 aromatic carbocycles. The molecule has 0 bridgehead atoms. The minimum atomic E-state index is -0.110. The Balaban J connectivity index is 2.02. The van der Waals surface area contributed by atoms with Crippen molar-refractivity contribution in [2.24, 2.45) is 5.92 Å². The van der Waals surface area contributed by atoms with Gasteiger partial charge in [-0.25, -0.2) is 9.78 Å². The fraction of sp³-hybridized carbons (Fsp3) is 0.692. The van der Waals surface area contributed by atoms with Crippen LogP contribution in [0.15, 0.2) is 5.38 Å². The zero-order valence-corrected chi connectivity index (χ0v) is 12.2. The second-order valence-electron chi connectivity index (χ2n) is 4.89. The van der Waals surface area contributed by atoms with Crippen molar-refractivity contribution in [2.75, 3.05) is 19.7 Å². The Hall–Kier alpha value is -1.14. The molecule has 2 rings (SSSR count). The Morgan fingerprint density at radius 2 is 2.42 bits per heavy atom. The van der Waals surface area contributed by atoms with Crippen molar-refractivity contribution in [3.05, 3.63) is 16.1 Å². The number of nitrogens with one attached hydrogen (secondary N) is 1. The number of amides is 2. The predicted octanol–water partition coefficient (Wildman–Crippen LogP) is 1.93. The van der Waals surface area contributed by atoms with Gasteiger partial charge in [-0.15, -0.1) is 11.3 Å². The highest BCUT2D eigenvalue weighted by Gasteiger charge is 2.35. The Morgan fingerprint density at radius 3 is 2.89 bits per heavy atom. The number of carbonyl (C=O) groups is 1. The summed E-state index contributed by atoms with van der Waals surface area (Å²) in [6, 6.07) is -0.0831. The minimum absolute atomic E-state index is 0.00822. The molecule has 1 atom stereocenters. The smallest absolute Gasteiger partial charge is 0.318 e. The molecule has 0 saturated heterocycles. The number of rotatable bonds is 6. The third-order valence-electron chi connectivity index (χ3n) is 3.31. The molecule has 2 amide bonds. The quantitative estimate of drug-likeness (QED) is 0.838. The largest absolute Gasteiger partial charge is 0.395 e. The molecule has 0 radical (unpaired) electrons. The maximum Gasteiger partial charge on any atom is 0.318 e. The maximum atomic E-state index is 12.2. The second kappa shape index (κ2) is 6.34. The Morgan fingerprint density at radius 1 is 1.68 bits per heavy atom. The Kier molecular flexibility index (Phi) is 4.76. The van der Waals surface area contributed by atoms with Gasteiger partial charge in [0.1, 0.15) is 5.01 Å². The van der Waals surface area contributed by atoms with E-state index in [0.717, 1.165) is 23.5 Å². The molecule has 1 heterocycles. The first kappa shape index (κ1) is 14.3. The average molecular weight is 283 g/mol. The lowest BCUT2D eigenvalue weighted by molar-refractivity contribution is 0.176. The second-order valence-corrected chi connectivity index (χ2v) is 5.78. The van der Waals surface area contributed by atoms with E-state index in [-0.39, 0.29) is 18.7 Å². The van der Waals surface area contributed by atoms with Crippen LogP contribution in [0.5, 0.6) is 0 Å². The van der Waals surface area contributed by atoms with E-state index in [1.165, 1.54) is 0 Å². The van der Waals surface area contributed by atoms with Crippen molar-refractivity contribution in [3.8, 4) is 0 Å². The van der Waals surface area contributed by atoms with Crippen molar-refractivity contribution in [1.29, 1.82) is 0 Å². The summed E-state index contributed by atoms with van der Waals surface area (Å²) in [7, 11) is 0. The Labute approximate surface area is 117 Å². The number of thiazole rings is 1. The summed E-state index contributed by atoms with van der Waals surface area (Å²) < 4.78 is 0. The van der Waals surface area contributed by atoms with Crippen LogP contribution in [0.2, 0.25) is 0 Å². The SMILES string of the molecule is CCN(CCO)C(=O)NC(c1nc(C)cs1)C1CC1. The van der Waals surface area contributed by atoms with Gasteiger partial charge in [-0.05, 0) is 32.6 Å². The van der Waals surface area contributed by atoms with Crippen molar-refractivity contribution in [2.45, 2.75) is 32.7 Å². The monoisotopic (exact) mass is 283 g/mol. The summed E-state index contributed by atoms with van der Waals surface area (Å²) in [5.41, 5.74) is 1.00. The molecule has 1 aliphatic rings. The van der Waals surface area contributed by atoms with Crippen LogP contribution >= 0.6 is 11.3 Å². The number of aliphatic hydroxyl groups excluding tert-OH is 1. The van der Waals surface area contributed by atoms with Crippen LogP contribution in [-0.4, -0.2) is 40.7 Å². The molecule has 1 aromatic heterocycles. The van der Waals surface area contributed by atoms with E-state index in [9.17, 15) is 4.79 Å². The molecule has 1 aliphatic carbocycles. The van der Waals surface area contributed by atoms with Gasteiger partial charge in [0.05, 0.1) is 12.6 Å². The van der Waals surface area contributed by atoms with E-state index in [1.807, 2.05) is 19.2 Å². The normalized spacial score (nSPS) is 16.2. The van der Waals surface area contributed by atoms with Gasteiger partial charge in [0, 0.05) is 24.2 Å². The standard InChI is InChI=1S/C13H21N3O2S/c1-3-16(6-7-17)13(18)15-11(10-4-5-10)12-14-9(2)8-19-12/h8,10-11,17H,3-7H2,1-2H3,(H,15,18). The average Bonchev–Trinajstić information content (AvgIpc) is 3.15. The van der Waals surface area contributed by atoms with Crippen LogP contribution in [0.4, 0.5) is 4.79 Å². The molecule has 5 nitrogen and oxygen atoms in total. The molecule has 106 valence electrons. The lowest BCUT2D eigenvalue weighted by Gasteiger charge is -2.24. The zero-order valence-electron chi connectivity index (χ0n) is 11.4. The summed E-state index contributed by atoms with van der Waals surface area (Å²) in [4.78, 5) is 18.3. The van der Waals surface area contributed by atoms with Crippen molar-refractivity contribution < 1.29 is 9.90 Å². The minimum Gasteiger partial charge on any atom is -0.395 e. The molecule has 0 spiro atoms. The van der Waals surface area contributed by atoms with Crippen LogP contribution in [0.1, 0.15) is 36.5 Å². The van der Waals surface area contributed by atoms with Crippen LogP contribution in [0.3, 0.4) is 0 Å². The molecule has 6 heteroatoms. The molecule has 1 unspecified atom stereocenters. The van der Waals surface area contributed by atoms with Gasteiger partial charge in [0.2, 0.25) is 0 Å². The molecular formula is C13H21N3O2S. The number of aliphatic hydroxyl groups is 1. The van der Waals surface area contributed by atoms with Crippen LogP contribution in [0.25, 0.3) is 0 Å².